The van der Waals surface area contributed by atoms with Gasteiger partial charge in [-0.25, -0.2) is 26.3 Å². The number of ether oxygens (including phenoxy) is 2. The number of benzene rings is 2. The van der Waals surface area contributed by atoms with E-state index in [9.17, 15) is 26.3 Å². The highest BCUT2D eigenvalue weighted by atomic mass is 19.2. The third-order valence-corrected chi connectivity index (χ3v) is 3.22. The van der Waals surface area contributed by atoms with Crippen LogP contribution in [0.1, 0.15) is 0 Å². The maximum absolute atomic E-state index is 14.0. The summed E-state index contributed by atoms with van der Waals surface area (Å²) >= 11 is 0. The summed E-state index contributed by atoms with van der Waals surface area (Å²) in [6, 6.07) is 0.903. The molecule has 0 spiro atoms. The quantitative estimate of drug-likeness (QED) is 0.483. The summed E-state index contributed by atoms with van der Waals surface area (Å²) in [6.45, 7) is 0. The van der Waals surface area contributed by atoms with Gasteiger partial charge in [-0.15, -0.1) is 0 Å². The van der Waals surface area contributed by atoms with Crippen LogP contribution in [-0.2, 0) is 0 Å². The molecular weight excluding hydrogens is 325 g/mol. The van der Waals surface area contributed by atoms with Gasteiger partial charge in [0.15, 0.2) is 46.4 Å². The molecule has 0 aliphatic rings. The van der Waals surface area contributed by atoms with Crippen molar-refractivity contribution < 1.29 is 35.8 Å². The van der Waals surface area contributed by atoms with Crippen LogP contribution in [0.25, 0.3) is 0 Å². The summed E-state index contributed by atoms with van der Waals surface area (Å²) in [5.74, 6) is -10.2. The summed E-state index contributed by atoms with van der Waals surface area (Å²) < 4.78 is 91.5. The summed E-state index contributed by atoms with van der Waals surface area (Å²) in [7, 11) is 0.940. The van der Waals surface area contributed by atoms with Gasteiger partial charge in [0.25, 0.3) is 0 Å². The Labute approximate surface area is 127 Å². The van der Waals surface area contributed by atoms with E-state index in [1.165, 1.54) is 0 Å². The standard InChI is InChI=1S/C14H9BF6O2/c1-22-7-3-5(16)11(18)9(13(7)20)15-10-12(19)6(17)4-8(23-2)14(10)21/h3-4,15H,1-2H3. The third kappa shape index (κ3) is 2.95. The fourth-order valence-corrected chi connectivity index (χ4v) is 2.05. The van der Waals surface area contributed by atoms with Crippen LogP contribution in [0, 0.1) is 34.9 Å². The van der Waals surface area contributed by atoms with Gasteiger partial charge < -0.3 is 9.47 Å². The van der Waals surface area contributed by atoms with Crippen molar-refractivity contribution in [1.29, 1.82) is 0 Å². The van der Waals surface area contributed by atoms with E-state index in [0.717, 1.165) is 14.2 Å². The monoisotopic (exact) mass is 334 g/mol. The topological polar surface area (TPSA) is 18.5 Å². The second kappa shape index (κ2) is 6.43. The van der Waals surface area contributed by atoms with E-state index in [2.05, 4.69) is 9.47 Å². The fourth-order valence-electron chi connectivity index (χ4n) is 2.05. The molecule has 0 heterocycles. The van der Waals surface area contributed by atoms with E-state index in [1.54, 1.807) is 0 Å². The van der Waals surface area contributed by atoms with Crippen LogP contribution in [0.15, 0.2) is 12.1 Å². The smallest absolute Gasteiger partial charge is 0.208 e. The predicted molar refractivity (Wildman–Crippen MR) is 72.2 cm³/mol. The van der Waals surface area contributed by atoms with E-state index in [-0.39, 0.29) is 0 Å². The van der Waals surface area contributed by atoms with Crippen molar-refractivity contribution >= 4 is 18.2 Å². The number of hydrogen-bond donors (Lipinski definition) is 0. The lowest BCUT2D eigenvalue weighted by Gasteiger charge is -2.12. The normalized spacial score (nSPS) is 10.6. The molecule has 0 unspecified atom stereocenters. The Kier molecular flexibility index (Phi) is 4.77. The van der Waals surface area contributed by atoms with Crippen molar-refractivity contribution in [2.45, 2.75) is 0 Å². The zero-order chi connectivity index (χ0) is 17.3. The van der Waals surface area contributed by atoms with Crippen LogP contribution >= 0.6 is 0 Å². The van der Waals surface area contributed by atoms with E-state index in [0.29, 0.717) is 12.1 Å². The molecule has 2 aromatic rings. The van der Waals surface area contributed by atoms with Crippen molar-refractivity contribution in [3.05, 3.63) is 47.0 Å². The van der Waals surface area contributed by atoms with Crippen molar-refractivity contribution in [2.75, 3.05) is 14.2 Å². The summed E-state index contributed by atoms with van der Waals surface area (Å²) in [6.07, 6.45) is 0. The molecule has 0 radical (unpaired) electrons. The molecule has 2 aromatic carbocycles. The first-order chi connectivity index (χ1) is 10.8. The van der Waals surface area contributed by atoms with Crippen LogP contribution in [0.3, 0.4) is 0 Å². The average Bonchev–Trinajstić information content (AvgIpc) is 2.53. The number of rotatable bonds is 4. The minimum absolute atomic E-state index is 0.451. The van der Waals surface area contributed by atoms with E-state index in [4.69, 9.17) is 0 Å². The number of hydrogen-bond acceptors (Lipinski definition) is 2. The first kappa shape index (κ1) is 17.0. The van der Waals surface area contributed by atoms with Crippen molar-refractivity contribution in [3.63, 3.8) is 0 Å². The van der Waals surface area contributed by atoms with Gasteiger partial charge in [0.1, 0.15) is 0 Å². The molecule has 0 bridgehead atoms. The zero-order valence-electron chi connectivity index (χ0n) is 11.9. The molecule has 0 aromatic heterocycles. The lowest BCUT2D eigenvalue weighted by Crippen LogP contribution is -2.38. The second-order valence-electron chi connectivity index (χ2n) is 4.51. The predicted octanol–water partition coefficient (Wildman–Crippen LogP) is 1.93. The Morgan fingerprint density at radius 3 is 1.30 bits per heavy atom. The van der Waals surface area contributed by atoms with Crippen LogP contribution in [-0.4, -0.2) is 21.5 Å². The fraction of sp³-hybridized carbons (Fsp3) is 0.143. The van der Waals surface area contributed by atoms with Gasteiger partial charge in [-0.2, -0.15) is 0 Å². The van der Waals surface area contributed by atoms with E-state index < -0.39 is 64.6 Å². The molecule has 23 heavy (non-hydrogen) atoms. The highest BCUT2D eigenvalue weighted by Gasteiger charge is 2.26. The van der Waals surface area contributed by atoms with Gasteiger partial charge in [0.05, 0.1) is 14.2 Å². The molecule has 2 rings (SSSR count). The van der Waals surface area contributed by atoms with Crippen LogP contribution in [0.5, 0.6) is 11.5 Å². The Morgan fingerprint density at radius 2 is 1.00 bits per heavy atom. The van der Waals surface area contributed by atoms with Crippen molar-refractivity contribution in [2.24, 2.45) is 0 Å². The Morgan fingerprint density at radius 1 is 0.652 bits per heavy atom. The van der Waals surface area contributed by atoms with Crippen molar-refractivity contribution in [1.82, 2.24) is 0 Å². The van der Waals surface area contributed by atoms with Gasteiger partial charge in [-0.3, -0.25) is 0 Å². The molecule has 0 fully saturated rings. The number of halogens is 6. The first-order valence-corrected chi connectivity index (χ1v) is 6.22. The molecule has 0 saturated heterocycles. The third-order valence-electron chi connectivity index (χ3n) is 3.22. The van der Waals surface area contributed by atoms with Crippen LogP contribution in [0.4, 0.5) is 26.3 Å². The maximum atomic E-state index is 14.0. The largest absolute Gasteiger partial charge is 0.494 e. The van der Waals surface area contributed by atoms with Crippen LogP contribution < -0.4 is 20.4 Å². The lowest BCUT2D eigenvalue weighted by molar-refractivity contribution is 0.378. The van der Waals surface area contributed by atoms with Gasteiger partial charge in [0, 0.05) is 12.1 Å². The minimum Gasteiger partial charge on any atom is -0.494 e. The summed E-state index contributed by atoms with van der Waals surface area (Å²) in [4.78, 5) is 0. The highest BCUT2D eigenvalue weighted by Crippen LogP contribution is 2.21. The molecule has 0 amide bonds. The van der Waals surface area contributed by atoms with E-state index >= 15 is 0 Å². The molecule has 0 aliphatic carbocycles. The van der Waals surface area contributed by atoms with Crippen LogP contribution in [0.2, 0.25) is 0 Å². The lowest BCUT2D eigenvalue weighted by atomic mass is 9.62. The molecule has 0 saturated carbocycles. The minimum atomic E-state index is -1.65. The van der Waals surface area contributed by atoms with Crippen molar-refractivity contribution in [3.8, 4) is 11.5 Å². The molecule has 0 atom stereocenters. The first-order valence-electron chi connectivity index (χ1n) is 6.22. The molecule has 0 N–H and O–H groups in total. The van der Waals surface area contributed by atoms with Gasteiger partial charge in [0.2, 0.25) is 7.28 Å². The Bertz CT molecular complexity index is 702. The van der Waals surface area contributed by atoms with E-state index in [1.807, 2.05) is 0 Å². The van der Waals surface area contributed by atoms with Gasteiger partial charge in [-0.1, -0.05) is 0 Å². The Balaban J connectivity index is 2.65. The van der Waals surface area contributed by atoms with Gasteiger partial charge >= 0.3 is 0 Å². The second-order valence-corrected chi connectivity index (χ2v) is 4.51. The molecular formula is C14H9BF6O2. The summed E-state index contributed by atoms with van der Waals surface area (Å²) in [5.41, 5.74) is -1.99. The molecule has 9 heteroatoms. The SMILES string of the molecule is COc1cc(F)c(F)c(Bc2c(F)c(F)cc(OC)c2F)c1F. The molecule has 0 aliphatic heterocycles. The van der Waals surface area contributed by atoms with Gasteiger partial charge in [-0.05, 0) is 10.9 Å². The molecule has 122 valence electrons. The maximum Gasteiger partial charge on any atom is 0.208 e. The Hall–Kier alpha value is -2.32. The zero-order valence-corrected chi connectivity index (χ0v) is 11.9. The summed E-state index contributed by atoms with van der Waals surface area (Å²) in [5, 5.41) is 0. The number of methoxy groups -OCH3 is 2. The average molecular weight is 334 g/mol. The highest BCUT2D eigenvalue weighted by molar-refractivity contribution is 6.67. The molecule has 2 nitrogen and oxygen atoms in total.